The molecule has 1 aromatic rings. The van der Waals surface area contributed by atoms with Gasteiger partial charge in [-0.15, -0.1) is 12.4 Å². The van der Waals surface area contributed by atoms with Crippen LogP contribution in [-0.4, -0.2) is 10.1 Å². The molecule has 15 heavy (non-hydrogen) atoms. The number of hydrogen-bond donors (Lipinski definition) is 1. The molecule has 2 saturated carbocycles. The molecule has 84 valence electrons. The minimum Gasteiger partial charge on any atom is -0.339 e. The van der Waals surface area contributed by atoms with Gasteiger partial charge in [0.25, 0.3) is 0 Å². The number of halogens is 1. The zero-order valence-corrected chi connectivity index (χ0v) is 9.42. The second-order valence-electron chi connectivity index (χ2n) is 4.59. The Morgan fingerprint density at radius 3 is 2.47 bits per heavy atom. The second kappa shape index (κ2) is 3.76. The fourth-order valence-electron chi connectivity index (χ4n) is 2.04. The average molecular weight is 230 g/mol. The number of rotatable bonds is 2. The fraction of sp³-hybridized carbons (Fsp3) is 0.800. The van der Waals surface area contributed by atoms with Crippen LogP contribution >= 0.6 is 12.4 Å². The standard InChI is InChI=1S/C10H15N3O.ClH/c11-10(5-2-6-10)9-12-8(14-13-9)7-3-1-4-7;/h7H,1-6,11H2;1H. The molecular weight excluding hydrogens is 214 g/mol. The Labute approximate surface area is 95.0 Å². The average Bonchev–Trinajstić information content (AvgIpc) is 2.46. The monoisotopic (exact) mass is 229 g/mol. The summed E-state index contributed by atoms with van der Waals surface area (Å²) < 4.78 is 5.25. The van der Waals surface area contributed by atoms with Crippen LogP contribution in [0, 0.1) is 0 Å². The summed E-state index contributed by atoms with van der Waals surface area (Å²) in [5.74, 6) is 2.05. The number of nitrogens with two attached hydrogens (primary N) is 1. The van der Waals surface area contributed by atoms with E-state index in [0.717, 1.165) is 24.6 Å². The smallest absolute Gasteiger partial charge is 0.229 e. The lowest BCUT2D eigenvalue weighted by molar-refractivity contribution is 0.227. The van der Waals surface area contributed by atoms with Crippen molar-refractivity contribution in [3.05, 3.63) is 11.7 Å². The quantitative estimate of drug-likeness (QED) is 0.844. The van der Waals surface area contributed by atoms with E-state index >= 15 is 0 Å². The van der Waals surface area contributed by atoms with Crippen molar-refractivity contribution in [1.29, 1.82) is 0 Å². The summed E-state index contributed by atoms with van der Waals surface area (Å²) in [6, 6.07) is 0. The van der Waals surface area contributed by atoms with E-state index in [1.165, 1.54) is 25.7 Å². The van der Waals surface area contributed by atoms with E-state index in [9.17, 15) is 0 Å². The third kappa shape index (κ3) is 1.66. The molecule has 0 bridgehead atoms. The van der Waals surface area contributed by atoms with Crippen molar-refractivity contribution in [2.24, 2.45) is 5.73 Å². The van der Waals surface area contributed by atoms with Crippen molar-refractivity contribution in [2.45, 2.75) is 50.0 Å². The van der Waals surface area contributed by atoms with E-state index in [1.54, 1.807) is 0 Å². The van der Waals surface area contributed by atoms with Gasteiger partial charge in [0, 0.05) is 5.92 Å². The lowest BCUT2D eigenvalue weighted by atomic mass is 9.77. The maximum absolute atomic E-state index is 6.11. The number of hydrogen-bond acceptors (Lipinski definition) is 4. The highest BCUT2D eigenvalue weighted by atomic mass is 35.5. The van der Waals surface area contributed by atoms with Crippen molar-refractivity contribution in [2.75, 3.05) is 0 Å². The first-order chi connectivity index (χ1) is 6.78. The first-order valence-electron chi connectivity index (χ1n) is 5.41. The van der Waals surface area contributed by atoms with E-state index < -0.39 is 0 Å². The lowest BCUT2D eigenvalue weighted by Gasteiger charge is -2.34. The van der Waals surface area contributed by atoms with Gasteiger partial charge in [-0.25, -0.2) is 0 Å². The molecule has 0 radical (unpaired) electrons. The summed E-state index contributed by atoms with van der Waals surface area (Å²) in [5.41, 5.74) is 5.84. The van der Waals surface area contributed by atoms with E-state index in [4.69, 9.17) is 10.3 Å². The van der Waals surface area contributed by atoms with Crippen molar-refractivity contribution >= 4 is 12.4 Å². The van der Waals surface area contributed by atoms with Gasteiger partial charge in [-0.05, 0) is 32.1 Å². The van der Waals surface area contributed by atoms with Crippen LogP contribution in [0.1, 0.15) is 56.2 Å². The number of nitrogens with zero attached hydrogens (tertiary/aromatic N) is 2. The Morgan fingerprint density at radius 2 is 2.00 bits per heavy atom. The first-order valence-corrected chi connectivity index (χ1v) is 5.41. The van der Waals surface area contributed by atoms with Gasteiger partial charge in [0.2, 0.25) is 5.89 Å². The molecular formula is C10H16ClN3O. The SMILES string of the molecule is Cl.NC1(c2noc(C3CCC3)n2)CCC1. The Morgan fingerprint density at radius 1 is 1.27 bits per heavy atom. The van der Waals surface area contributed by atoms with Crippen LogP contribution < -0.4 is 5.73 Å². The van der Waals surface area contributed by atoms with Crippen molar-refractivity contribution in [3.8, 4) is 0 Å². The van der Waals surface area contributed by atoms with Gasteiger partial charge in [-0.2, -0.15) is 4.98 Å². The topological polar surface area (TPSA) is 64.9 Å². The molecule has 1 aromatic heterocycles. The van der Waals surface area contributed by atoms with Crippen LogP contribution in [-0.2, 0) is 5.54 Å². The zero-order chi connectivity index (χ0) is 9.60. The van der Waals surface area contributed by atoms with E-state index in [0.29, 0.717) is 5.92 Å². The van der Waals surface area contributed by atoms with Gasteiger partial charge in [0.1, 0.15) is 0 Å². The Bertz CT molecular complexity index is 344. The van der Waals surface area contributed by atoms with Crippen molar-refractivity contribution < 1.29 is 4.52 Å². The largest absolute Gasteiger partial charge is 0.339 e. The Balaban J connectivity index is 0.000000853. The van der Waals surface area contributed by atoms with Crippen molar-refractivity contribution in [1.82, 2.24) is 10.1 Å². The minimum absolute atomic E-state index is 0. The summed E-state index contributed by atoms with van der Waals surface area (Å²) in [6.07, 6.45) is 6.85. The van der Waals surface area contributed by atoms with Gasteiger partial charge in [-0.1, -0.05) is 11.6 Å². The van der Waals surface area contributed by atoms with Crippen LogP contribution in [0.3, 0.4) is 0 Å². The molecule has 2 aliphatic carbocycles. The molecule has 2 aliphatic rings. The van der Waals surface area contributed by atoms with Crippen LogP contribution in [0.5, 0.6) is 0 Å². The molecule has 0 atom stereocenters. The lowest BCUT2D eigenvalue weighted by Crippen LogP contribution is -2.44. The van der Waals surface area contributed by atoms with Gasteiger partial charge in [0.05, 0.1) is 5.54 Å². The normalized spacial score (nSPS) is 23.8. The predicted molar refractivity (Wildman–Crippen MR) is 57.9 cm³/mol. The van der Waals surface area contributed by atoms with Crippen LogP contribution in [0.25, 0.3) is 0 Å². The molecule has 0 aliphatic heterocycles. The number of aromatic nitrogens is 2. The Hall–Kier alpha value is -0.610. The molecule has 1 heterocycles. The van der Waals surface area contributed by atoms with Gasteiger partial charge in [-0.3, -0.25) is 0 Å². The fourth-order valence-corrected chi connectivity index (χ4v) is 2.04. The molecule has 0 saturated heterocycles. The summed E-state index contributed by atoms with van der Waals surface area (Å²) in [4.78, 5) is 4.42. The minimum atomic E-state index is -0.272. The highest BCUT2D eigenvalue weighted by Crippen LogP contribution is 2.39. The van der Waals surface area contributed by atoms with Crippen LogP contribution in [0.4, 0.5) is 0 Å². The van der Waals surface area contributed by atoms with Crippen LogP contribution in [0.2, 0.25) is 0 Å². The van der Waals surface area contributed by atoms with Gasteiger partial charge < -0.3 is 10.3 Å². The molecule has 0 spiro atoms. The molecule has 0 amide bonds. The van der Waals surface area contributed by atoms with E-state index in [-0.39, 0.29) is 17.9 Å². The zero-order valence-electron chi connectivity index (χ0n) is 8.61. The molecule has 5 heteroatoms. The van der Waals surface area contributed by atoms with E-state index in [2.05, 4.69) is 10.1 Å². The highest BCUT2D eigenvalue weighted by Gasteiger charge is 2.39. The highest BCUT2D eigenvalue weighted by molar-refractivity contribution is 5.85. The van der Waals surface area contributed by atoms with Crippen molar-refractivity contribution in [3.63, 3.8) is 0 Å². The predicted octanol–water partition coefficient (Wildman–Crippen LogP) is 2.10. The summed E-state index contributed by atoms with van der Waals surface area (Å²) >= 11 is 0. The summed E-state index contributed by atoms with van der Waals surface area (Å²) in [5, 5.41) is 4.00. The first kappa shape index (κ1) is 10.9. The van der Waals surface area contributed by atoms with E-state index in [1.807, 2.05) is 0 Å². The molecule has 2 N–H and O–H groups in total. The van der Waals surface area contributed by atoms with Gasteiger partial charge >= 0.3 is 0 Å². The third-order valence-corrected chi connectivity index (χ3v) is 3.59. The maximum atomic E-state index is 6.11. The summed E-state index contributed by atoms with van der Waals surface area (Å²) in [6.45, 7) is 0. The molecule has 0 aromatic carbocycles. The third-order valence-electron chi connectivity index (χ3n) is 3.59. The Kier molecular flexibility index (Phi) is 2.73. The van der Waals surface area contributed by atoms with Crippen LogP contribution in [0.15, 0.2) is 4.52 Å². The van der Waals surface area contributed by atoms with Gasteiger partial charge in [0.15, 0.2) is 5.82 Å². The maximum Gasteiger partial charge on any atom is 0.229 e. The molecule has 0 unspecified atom stereocenters. The molecule has 4 nitrogen and oxygen atoms in total. The summed E-state index contributed by atoms with van der Waals surface area (Å²) in [7, 11) is 0. The second-order valence-corrected chi connectivity index (χ2v) is 4.59. The molecule has 3 rings (SSSR count). The molecule has 2 fully saturated rings.